The van der Waals surface area contributed by atoms with Crippen LogP contribution in [-0.4, -0.2) is 25.5 Å². The van der Waals surface area contributed by atoms with Crippen LogP contribution in [0.1, 0.15) is 23.4 Å². The van der Waals surface area contributed by atoms with Crippen LogP contribution < -0.4 is 5.32 Å². The summed E-state index contributed by atoms with van der Waals surface area (Å²) >= 11 is 0. The van der Waals surface area contributed by atoms with Crippen LogP contribution in [0.3, 0.4) is 0 Å². The number of aromatic nitrogens is 4. The lowest BCUT2D eigenvalue weighted by Crippen LogP contribution is -2.16. The summed E-state index contributed by atoms with van der Waals surface area (Å²) in [4.78, 5) is 12.2. The summed E-state index contributed by atoms with van der Waals surface area (Å²) in [5.41, 5.74) is 1.02. The number of carbonyl (C=O) groups excluding carboxylic acids is 1. The molecule has 31 heavy (non-hydrogen) atoms. The van der Waals surface area contributed by atoms with Gasteiger partial charge >= 0.3 is 6.18 Å². The van der Waals surface area contributed by atoms with E-state index in [2.05, 4.69) is 21.6 Å². The Morgan fingerprint density at radius 1 is 1.13 bits per heavy atom. The second-order valence-electron chi connectivity index (χ2n) is 7.25. The molecular weight excluding hydrogens is 407 g/mol. The number of nitrogens with zero attached hydrogens (tertiary/aromatic N) is 4. The van der Waals surface area contributed by atoms with Crippen molar-refractivity contribution in [2.75, 3.05) is 5.32 Å². The van der Waals surface area contributed by atoms with Gasteiger partial charge in [0.2, 0.25) is 5.91 Å². The second kappa shape index (κ2) is 8.25. The number of aryl methyl sites for hydroxylation is 2. The van der Waals surface area contributed by atoms with Crippen molar-refractivity contribution in [1.82, 2.24) is 19.6 Å². The van der Waals surface area contributed by atoms with Gasteiger partial charge in [-0.05, 0) is 29.3 Å². The van der Waals surface area contributed by atoms with Gasteiger partial charge in [-0.25, -0.2) is 0 Å². The molecule has 1 amide bonds. The molecule has 0 fully saturated rings. The number of halogens is 3. The number of hydrogen-bond acceptors (Lipinski definition) is 3. The molecule has 0 aliphatic rings. The van der Waals surface area contributed by atoms with Crippen LogP contribution in [0.2, 0.25) is 0 Å². The molecule has 2 heterocycles. The molecule has 2 aromatic carbocycles. The van der Waals surface area contributed by atoms with Crippen molar-refractivity contribution in [3.05, 3.63) is 77.9 Å². The minimum Gasteiger partial charge on any atom is -0.323 e. The quantitative estimate of drug-likeness (QED) is 0.488. The standard InChI is InChI=1S/C22H20F3N5O/c1-15-11-20(22(23,24)25)28-30(15)10-9-21(31)27-18-12-26-29(14-18)13-17-7-4-6-16-5-2-3-8-19(16)17/h2-8,11-12,14H,9-10,13H2,1H3,(H,27,31). The van der Waals surface area contributed by atoms with E-state index in [-0.39, 0.29) is 18.9 Å². The van der Waals surface area contributed by atoms with E-state index in [1.54, 1.807) is 17.1 Å². The number of nitrogens with one attached hydrogen (secondary N) is 1. The summed E-state index contributed by atoms with van der Waals surface area (Å²) in [6.45, 7) is 2.12. The maximum absolute atomic E-state index is 12.7. The summed E-state index contributed by atoms with van der Waals surface area (Å²) < 4.78 is 41.2. The Labute approximate surface area is 176 Å². The maximum atomic E-state index is 12.7. The Kier molecular flexibility index (Phi) is 5.50. The first kappa shape index (κ1) is 20.6. The Bertz CT molecular complexity index is 1220. The fourth-order valence-corrected chi connectivity index (χ4v) is 3.43. The minimum absolute atomic E-state index is 0.00563. The first-order chi connectivity index (χ1) is 14.8. The molecule has 0 saturated heterocycles. The average Bonchev–Trinajstić information content (AvgIpc) is 3.32. The van der Waals surface area contributed by atoms with Gasteiger partial charge in [-0.2, -0.15) is 23.4 Å². The highest BCUT2D eigenvalue weighted by Gasteiger charge is 2.34. The number of benzene rings is 2. The molecule has 4 rings (SSSR count). The van der Waals surface area contributed by atoms with E-state index in [0.29, 0.717) is 17.9 Å². The predicted molar refractivity (Wildman–Crippen MR) is 110 cm³/mol. The third-order valence-electron chi connectivity index (χ3n) is 4.95. The van der Waals surface area contributed by atoms with Gasteiger partial charge in [0.05, 0.1) is 18.4 Å². The van der Waals surface area contributed by atoms with Crippen LogP contribution >= 0.6 is 0 Å². The third-order valence-corrected chi connectivity index (χ3v) is 4.95. The summed E-state index contributed by atoms with van der Waals surface area (Å²) in [7, 11) is 0. The lowest BCUT2D eigenvalue weighted by Gasteiger charge is -2.07. The van der Waals surface area contributed by atoms with Gasteiger partial charge in [-0.1, -0.05) is 42.5 Å². The zero-order chi connectivity index (χ0) is 22.0. The second-order valence-corrected chi connectivity index (χ2v) is 7.25. The monoisotopic (exact) mass is 427 g/mol. The highest BCUT2D eigenvalue weighted by molar-refractivity contribution is 5.90. The molecule has 0 bridgehead atoms. The molecule has 0 unspecified atom stereocenters. The third kappa shape index (κ3) is 4.76. The molecule has 0 spiro atoms. The van der Waals surface area contributed by atoms with Crippen molar-refractivity contribution in [3.8, 4) is 0 Å². The van der Waals surface area contributed by atoms with Crippen LogP contribution in [0.4, 0.5) is 18.9 Å². The van der Waals surface area contributed by atoms with Crippen LogP contribution in [-0.2, 0) is 24.1 Å². The Balaban J connectivity index is 1.37. The number of alkyl halides is 3. The molecule has 1 N–H and O–H groups in total. The van der Waals surface area contributed by atoms with Gasteiger partial charge in [0.15, 0.2) is 5.69 Å². The minimum atomic E-state index is -4.50. The molecule has 6 nitrogen and oxygen atoms in total. The molecule has 0 aliphatic carbocycles. The topological polar surface area (TPSA) is 64.7 Å². The largest absolute Gasteiger partial charge is 0.435 e. The molecule has 2 aromatic heterocycles. The van der Waals surface area contributed by atoms with E-state index >= 15 is 0 Å². The first-order valence-corrected chi connectivity index (χ1v) is 9.70. The maximum Gasteiger partial charge on any atom is 0.435 e. The summed E-state index contributed by atoms with van der Waals surface area (Å²) in [6, 6.07) is 15.1. The normalized spacial score (nSPS) is 11.7. The van der Waals surface area contributed by atoms with E-state index in [9.17, 15) is 18.0 Å². The molecule has 4 aromatic rings. The molecule has 9 heteroatoms. The van der Waals surface area contributed by atoms with Gasteiger partial charge < -0.3 is 5.32 Å². The smallest absolute Gasteiger partial charge is 0.323 e. The number of carbonyl (C=O) groups is 1. The van der Waals surface area contributed by atoms with E-state index in [0.717, 1.165) is 22.4 Å². The number of fused-ring (bicyclic) bond motifs is 1. The summed E-state index contributed by atoms with van der Waals surface area (Å²) in [5, 5.41) is 12.8. The summed E-state index contributed by atoms with van der Waals surface area (Å²) in [5.74, 6) is -0.326. The number of rotatable bonds is 6. The van der Waals surface area contributed by atoms with Gasteiger partial charge in [0, 0.05) is 24.9 Å². The lowest BCUT2D eigenvalue weighted by atomic mass is 10.0. The van der Waals surface area contributed by atoms with Gasteiger partial charge in [0.1, 0.15) is 0 Å². The van der Waals surface area contributed by atoms with Crippen molar-refractivity contribution < 1.29 is 18.0 Å². The zero-order valence-electron chi connectivity index (χ0n) is 16.7. The van der Waals surface area contributed by atoms with Crippen LogP contribution in [0.25, 0.3) is 10.8 Å². The fourth-order valence-electron chi connectivity index (χ4n) is 3.43. The summed E-state index contributed by atoms with van der Waals surface area (Å²) in [6.07, 6.45) is -1.24. The Morgan fingerprint density at radius 2 is 1.90 bits per heavy atom. The van der Waals surface area contributed by atoms with Crippen molar-refractivity contribution >= 4 is 22.4 Å². The molecule has 0 saturated carbocycles. The predicted octanol–water partition coefficient (Wildman–Crippen LogP) is 4.64. The van der Waals surface area contributed by atoms with Gasteiger partial charge in [0.25, 0.3) is 0 Å². The lowest BCUT2D eigenvalue weighted by molar-refractivity contribution is -0.141. The molecule has 0 atom stereocenters. The zero-order valence-corrected chi connectivity index (χ0v) is 16.7. The molecule has 0 aliphatic heterocycles. The van der Waals surface area contributed by atoms with Crippen LogP contribution in [0, 0.1) is 6.92 Å². The van der Waals surface area contributed by atoms with E-state index in [1.807, 2.05) is 36.4 Å². The van der Waals surface area contributed by atoms with Crippen LogP contribution in [0.5, 0.6) is 0 Å². The van der Waals surface area contributed by atoms with E-state index in [1.165, 1.54) is 11.6 Å². The van der Waals surface area contributed by atoms with Gasteiger partial charge in [-0.3, -0.25) is 14.2 Å². The fraction of sp³-hybridized carbons (Fsp3) is 0.227. The number of hydrogen-bond donors (Lipinski definition) is 1. The van der Waals surface area contributed by atoms with Crippen molar-refractivity contribution in [3.63, 3.8) is 0 Å². The number of amides is 1. The van der Waals surface area contributed by atoms with Crippen molar-refractivity contribution in [2.24, 2.45) is 0 Å². The van der Waals surface area contributed by atoms with Gasteiger partial charge in [-0.15, -0.1) is 0 Å². The van der Waals surface area contributed by atoms with E-state index in [4.69, 9.17) is 0 Å². The SMILES string of the molecule is Cc1cc(C(F)(F)F)nn1CCC(=O)Nc1cnn(Cc2cccc3ccccc23)c1. The van der Waals surface area contributed by atoms with Crippen molar-refractivity contribution in [2.45, 2.75) is 32.6 Å². The highest BCUT2D eigenvalue weighted by Crippen LogP contribution is 2.28. The Morgan fingerprint density at radius 3 is 2.68 bits per heavy atom. The molecule has 160 valence electrons. The van der Waals surface area contributed by atoms with Crippen LogP contribution in [0.15, 0.2) is 60.9 Å². The first-order valence-electron chi connectivity index (χ1n) is 9.70. The van der Waals surface area contributed by atoms with Crippen molar-refractivity contribution in [1.29, 1.82) is 0 Å². The Hall–Kier alpha value is -3.62. The number of anilines is 1. The molecule has 0 radical (unpaired) electrons. The average molecular weight is 427 g/mol. The highest BCUT2D eigenvalue weighted by atomic mass is 19.4. The molecular formula is C22H20F3N5O. The van der Waals surface area contributed by atoms with E-state index < -0.39 is 11.9 Å².